The third kappa shape index (κ3) is 3.48. The number of likely N-dealkylation sites (tertiary alicyclic amines) is 1. The van der Waals surface area contributed by atoms with Crippen molar-refractivity contribution >= 4 is 5.91 Å². The van der Waals surface area contributed by atoms with Crippen LogP contribution < -0.4 is 0 Å². The van der Waals surface area contributed by atoms with Gasteiger partial charge in [-0.3, -0.25) is 9.89 Å². The third-order valence-corrected chi connectivity index (χ3v) is 5.96. The summed E-state index contributed by atoms with van der Waals surface area (Å²) in [4.78, 5) is 26.6. The SMILES string of the molecule is CCc1[nH]nc(C(=O)N2CCC(c3ncc4c(n3)CCN(C)C4)CC2)c1C. The molecule has 0 atom stereocenters. The van der Waals surface area contributed by atoms with Gasteiger partial charge < -0.3 is 9.80 Å². The zero-order valence-corrected chi connectivity index (χ0v) is 16.5. The first-order chi connectivity index (χ1) is 13.1. The fourth-order valence-electron chi connectivity index (χ4n) is 4.15. The van der Waals surface area contributed by atoms with E-state index in [1.165, 1.54) is 11.3 Å². The number of H-pyrrole nitrogens is 1. The van der Waals surface area contributed by atoms with Crippen LogP contribution in [0.1, 0.15) is 64.5 Å². The van der Waals surface area contributed by atoms with Gasteiger partial charge in [-0.25, -0.2) is 9.97 Å². The van der Waals surface area contributed by atoms with Gasteiger partial charge in [0.15, 0.2) is 5.69 Å². The van der Waals surface area contributed by atoms with Crippen LogP contribution in [0.4, 0.5) is 0 Å². The van der Waals surface area contributed by atoms with Crippen molar-refractivity contribution in [2.45, 2.75) is 52.0 Å². The van der Waals surface area contributed by atoms with Crippen molar-refractivity contribution in [2.75, 3.05) is 26.7 Å². The van der Waals surface area contributed by atoms with Gasteiger partial charge >= 0.3 is 0 Å². The largest absolute Gasteiger partial charge is 0.337 e. The average Bonchev–Trinajstić information content (AvgIpc) is 3.07. The van der Waals surface area contributed by atoms with Gasteiger partial charge in [0.1, 0.15) is 5.82 Å². The molecule has 2 aromatic rings. The van der Waals surface area contributed by atoms with E-state index in [2.05, 4.69) is 34.1 Å². The Morgan fingerprint density at radius 2 is 2.07 bits per heavy atom. The number of carbonyl (C=O) groups is 1. The summed E-state index contributed by atoms with van der Waals surface area (Å²) in [5.41, 5.74) is 5.05. The van der Waals surface area contributed by atoms with Crippen LogP contribution in [0.15, 0.2) is 6.20 Å². The summed E-state index contributed by atoms with van der Waals surface area (Å²) < 4.78 is 0. The van der Waals surface area contributed by atoms with Crippen LogP contribution in [0, 0.1) is 6.92 Å². The molecule has 2 aliphatic heterocycles. The van der Waals surface area contributed by atoms with E-state index in [0.717, 1.165) is 68.9 Å². The molecule has 0 bridgehead atoms. The highest BCUT2D eigenvalue weighted by molar-refractivity contribution is 5.94. The molecule has 0 aromatic carbocycles. The summed E-state index contributed by atoms with van der Waals surface area (Å²) in [6, 6.07) is 0. The van der Waals surface area contributed by atoms with Crippen molar-refractivity contribution in [3.63, 3.8) is 0 Å². The van der Waals surface area contributed by atoms with E-state index in [0.29, 0.717) is 11.6 Å². The summed E-state index contributed by atoms with van der Waals surface area (Å²) in [7, 11) is 2.13. The van der Waals surface area contributed by atoms with E-state index in [-0.39, 0.29) is 5.91 Å². The number of aryl methyl sites for hydroxylation is 1. The monoisotopic (exact) mass is 368 g/mol. The van der Waals surface area contributed by atoms with Crippen molar-refractivity contribution in [3.05, 3.63) is 40.2 Å². The molecule has 27 heavy (non-hydrogen) atoms. The second-order valence-electron chi connectivity index (χ2n) is 7.78. The fraction of sp³-hybridized carbons (Fsp3) is 0.600. The van der Waals surface area contributed by atoms with Gasteiger partial charge in [0.05, 0.1) is 0 Å². The third-order valence-electron chi connectivity index (χ3n) is 5.96. The second-order valence-corrected chi connectivity index (χ2v) is 7.78. The molecule has 0 aliphatic carbocycles. The minimum atomic E-state index is 0.0382. The lowest BCUT2D eigenvalue weighted by Gasteiger charge is -2.31. The normalized spacial score (nSPS) is 18.6. The number of fused-ring (bicyclic) bond motifs is 1. The molecule has 2 aliphatic rings. The highest BCUT2D eigenvalue weighted by Gasteiger charge is 2.29. The lowest BCUT2D eigenvalue weighted by Crippen LogP contribution is -2.38. The van der Waals surface area contributed by atoms with Gasteiger partial charge in [0.2, 0.25) is 0 Å². The van der Waals surface area contributed by atoms with Crippen LogP contribution in [0.25, 0.3) is 0 Å². The lowest BCUT2D eigenvalue weighted by molar-refractivity contribution is 0.0704. The van der Waals surface area contributed by atoms with Gasteiger partial charge in [-0.1, -0.05) is 6.92 Å². The molecule has 4 rings (SSSR count). The van der Waals surface area contributed by atoms with Crippen LogP contribution in [0.2, 0.25) is 0 Å². The number of hydrogen-bond acceptors (Lipinski definition) is 5. The summed E-state index contributed by atoms with van der Waals surface area (Å²) in [5.74, 6) is 1.33. The molecule has 2 aromatic heterocycles. The molecule has 1 fully saturated rings. The molecule has 0 saturated carbocycles. The number of rotatable bonds is 3. The lowest BCUT2D eigenvalue weighted by atomic mass is 9.95. The summed E-state index contributed by atoms with van der Waals surface area (Å²) >= 11 is 0. The van der Waals surface area contributed by atoms with Crippen LogP contribution in [0.5, 0.6) is 0 Å². The van der Waals surface area contributed by atoms with Gasteiger partial charge in [-0.05, 0) is 33.2 Å². The number of nitrogens with zero attached hydrogens (tertiary/aromatic N) is 5. The van der Waals surface area contributed by atoms with Crippen molar-refractivity contribution in [1.29, 1.82) is 0 Å². The van der Waals surface area contributed by atoms with Crippen LogP contribution >= 0.6 is 0 Å². The van der Waals surface area contributed by atoms with Crippen LogP contribution in [-0.4, -0.2) is 62.6 Å². The molecule has 144 valence electrons. The molecule has 0 unspecified atom stereocenters. The van der Waals surface area contributed by atoms with Crippen molar-refractivity contribution in [1.82, 2.24) is 30.0 Å². The van der Waals surface area contributed by atoms with Gasteiger partial charge in [-0.15, -0.1) is 0 Å². The molecule has 1 saturated heterocycles. The maximum atomic E-state index is 12.8. The average molecular weight is 368 g/mol. The van der Waals surface area contributed by atoms with E-state index in [4.69, 9.17) is 4.98 Å². The smallest absolute Gasteiger partial charge is 0.274 e. The van der Waals surface area contributed by atoms with Crippen LogP contribution in [0.3, 0.4) is 0 Å². The highest BCUT2D eigenvalue weighted by atomic mass is 16.2. The topological polar surface area (TPSA) is 78.0 Å². The molecule has 1 N–H and O–H groups in total. The Morgan fingerprint density at radius 1 is 1.30 bits per heavy atom. The molecule has 0 radical (unpaired) electrons. The zero-order valence-electron chi connectivity index (χ0n) is 16.5. The first-order valence-electron chi connectivity index (χ1n) is 9.93. The summed E-state index contributed by atoms with van der Waals surface area (Å²) in [6.45, 7) is 7.50. The van der Waals surface area contributed by atoms with Crippen LogP contribution in [-0.2, 0) is 19.4 Å². The van der Waals surface area contributed by atoms with E-state index in [1.54, 1.807) is 0 Å². The zero-order chi connectivity index (χ0) is 19.0. The Kier molecular flexibility index (Phi) is 4.95. The van der Waals surface area contributed by atoms with Gasteiger partial charge in [0, 0.05) is 67.2 Å². The number of piperidine rings is 1. The summed E-state index contributed by atoms with van der Waals surface area (Å²) in [5, 5.41) is 7.24. The second kappa shape index (κ2) is 7.38. The Hall–Kier alpha value is -2.28. The minimum Gasteiger partial charge on any atom is -0.337 e. The number of hydrogen-bond donors (Lipinski definition) is 1. The quantitative estimate of drug-likeness (QED) is 0.897. The van der Waals surface area contributed by atoms with Crippen molar-refractivity contribution < 1.29 is 4.79 Å². The number of carbonyl (C=O) groups excluding carboxylic acids is 1. The molecular formula is C20H28N6O. The standard InChI is InChI=1S/C20H28N6O/c1-4-16-13(2)18(24-23-16)20(27)26-9-5-14(6-10-26)19-21-11-15-12-25(3)8-7-17(15)22-19/h11,14H,4-10,12H2,1-3H3,(H,23,24). The van der Waals surface area contributed by atoms with Gasteiger partial charge in [0.25, 0.3) is 5.91 Å². The van der Waals surface area contributed by atoms with E-state index in [1.807, 2.05) is 18.0 Å². The van der Waals surface area contributed by atoms with Gasteiger partial charge in [-0.2, -0.15) is 5.10 Å². The highest BCUT2D eigenvalue weighted by Crippen LogP contribution is 2.28. The molecule has 7 nitrogen and oxygen atoms in total. The Bertz CT molecular complexity index is 837. The number of likely N-dealkylation sites (N-methyl/N-ethyl adjacent to an activating group) is 1. The number of amides is 1. The number of aromatic amines is 1. The number of aromatic nitrogens is 4. The van der Waals surface area contributed by atoms with E-state index < -0.39 is 0 Å². The van der Waals surface area contributed by atoms with E-state index >= 15 is 0 Å². The first-order valence-corrected chi connectivity index (χ1v) is 9.93. The molecular weight excluding hydrogens is 340 g/mol. The Balaban J connectivity index is 1.41. The summed E-state index contributed by atoms with van der Waals surface area (Å²) in [6.07, 6.45) is 5.68. The Morgan fingerprint density at radius 3 is 2.78 bits per heavy atom. The van der Waals surface area contributed by atoms with Crippen molar-refractivity contribution in [2.24, 2.45) is 0 Å². The first kappa shape index (κ1) is 18.1. The minimum absolute atomic E-state index is 0.0382. The van der Waals surface area contributed by atoms with E-state index in [9.17, 15) is 4.79 Å². The Labute approximate surface area is 160 Å². The molecule has 7 heteroatoms. The number of nitrogens with one attached hydrogen (secondary N) is 1. The van der Waals surface area contributed by atoms with Crippen molar-refractivity contribution in [3.8, 4) is 0 Å². The molecule has 1 amide bonds. The maximum Gasteiger partial charge on any atom is 0.274 e. The molecule has 0 spiro atoms. The maximum absolute atomic E-state index is 12.8. The fourth-order valence-corrected chi connectivity index (χ4v) is 4.15. The molecule has 4 heterocycles. The predicted molar refractivity (Wildman–Crippen MR) is 103 cm³/mol. The predicted octanol–water partition coefficient (Wildman–Crippen LogP) is 2.08.